The maximum absolute atomic E-state index is 8.86. The number of aliphatic hydroxyl groups is 1. The summed E-state index contributed by atoms with van der Waals surface area (Å²) in [6.45, 7) is 3.96. The van der Waals surface area contributed by atoms with Gasteiger partial charge in [0.15, 0.2) is 0 Å². The molecule has 4 N–H and O–H groups in total. The molecule has 0 aliphatic rings. The van der Waals surface area contributed by atoms with E-state index >= 15 is 0 Å². The van der Waals surface area contributed by atoms with Crippen molar-refractivity contribution in [3.8, 4) is 0 Å². The van der Waals surface area contributed by atoms with Crippen LogP contribution in [0.3, 0.4) is 0 Å². The molecule has 68 valence electrons. The van der Waals surface area contributed by atoms with E-state index in [1.165, 1.54) is 0 Å². The highest BCUT2D eigenvalue weighted by Crippen LogP contribution is 1.98. The van der Waals surface area contributed by atoms with E-state index in [1.807, 2.05) is 6.92 Å². The second-order valence-electron chi connectivity index (χ2n) is 2.72. The Bertz CT molecular complexity index is 78.5. The average Bonchev–Trinajstić information content (AvgIpc) is 2.03. The van der Waals surface area contributed by atoms with Crippen LogP contribution in [0, 0.1) is 0 Å². The van der Waals surface area contributed by atoms with Crippen LogP contribution in [0.4, 0.5) is 0 Å². The summed E-state index contributed by atoms with van der Waals surface area (Å²) >= 11 is 0. The van der Waals surface area contributed by atoms with Gasteiger partial charge in [-0.05, 0) is 25.9 Å². The van der Waals surface area contributed by atoms with Gasteiger partial charge < -0.3 is 16.2 Å². The van der Waals surface area contributed by atoms with Crippen LogP contribution in [0.15, 0.2) is 0 Å². The molecule has 0 spiro atoms. The van der Waals surface area contributed by atoms with Crippen molar-refractivity contribution in [2.24, 2.45) is 5.73 Å². The van der Waals surface area contributed by atoms with Crippen LogP contribution in [-0.4, -0.2) is 30.8 Å². The monoisotopic (exact) mass is 160 g/mol. The zero-order valence-electron chi connectivity index (χ0n) is 7.34. The topological polar surface area (TPSA) is 58.3 Å². The van der Waals surface area contributed by atoms with Gasteiger partial charge in [-0.25, -0.2) is 0 Å². The van der Waals surface area contributed by atoms with Crippen molar-refractivity contribution in [3.63, 3.8) is 0 Å². The number of likely N-dealkylation sites (N-methyl/N-ethyl adjacent to an activating group) is 1. The van der Waals surface area contributed by atoms with Crippen LogP contribution in [0.5, 0.6) is 0 Å². The summed E-state index contributed by atoms with van der Waals surface area (Å²) in [7, 11) is 0. The molecule has 0 saturated carbocycles. The Hall–Kier alpha value is -0.120. The summed E-state index contributed by atoms with van der Waals surface area (Å²) in [4.78, 5) is 0. The molecule has 0 saturated heterocycles. The van der Waals surface area contributed by atoms with Gasteiger partial charge in [-0.2, -0.15) is 0 Å². The van der Waals surface area contributed by atoms with Gasteiger partial charge in [0.05, 0.1) is 6.61 Å². The molecule has 0 aliphatic heterocycles. The Labute approximate surface area is 69.0 Å². The molecule has 1 unspecified atom stereocenters. The predicted molar refractivity (Wildman–Crippen MR) is 47.5 cm³/mol. The van der Waals surface area contributed by atoms with Gasteiger partial charge in [0, 0.05) is 6.04 Å². The molecule has 0 rings (SSSR count). The summed E-state index contributed by atoms with van der Waals surface area (Å²) in [6, 6.07) is 0.270. The summed E-state index contributed by atoms with van der Waals surface area (Å²) in [5, 5.41) is 12.1. The van der Waals surface area contributed by atoms with Gasteiger partial charge in [-0.1, -0.05) is 13.3 Å². The highest BCUT2D eigenvalue weighted by atomic mass is 16.3. The molecule has 3 nitrogen and oxygen atoms in total. The van der Waals surface area contributed by atoms with Gasteiger partial charge in [0.2, 0.25) is 0 Å². The quantitative estimate of drug-likeness (QED) is 0.462. The van der Waals surface area contributed by atoms with E-state index in [4.69, 9.17) is 10.8 Å². The van der Waals surface area contributed by atoms with Gasteiger partial charge in [-0.15, -0.1) is 0 Å². The highest BCUT2D eigenvalue weighted by Gasteiger charge is 2.03. The molecule has 0 aliphatic carbocycles. The van der Waals surface area contributed by atoms with E-state index in [9.17, 15) is 0 Å². The molecule has 0 amide bonds. The van der Waals surface area contributed by atoms with E-state index in [0.29, 0.717) is 0 Å². The van der Waals surface area contributed by atoms with Crippen molar-refractivity contribution in [3.05, 3.63) is 0 Å². The molecule has 0 bridgehead atoms. The van der Waals surface area contributed by atoms with Crippen LogP contribution in [0.2, 0.25) is 0 Å². The molecule has 0 radical (unpaired) electrons. The summed E-state index contributed by atoms with van der Waals surface area (Å²) < 4.78 is 0. The first-order valence-corrected chi connectivity index (χ1v) is 4.39. The Balaban J connectivity index is 3.20. The molecule has 11 heavy (non-hydrogen) atoms. The van der Waals surface area contributed by atoms with Crippen LogP contribution in [0.1, 0.15) is 26.2 Å². The number of unbranched alkanes of at least 4 members (excludes halogenated alkanes) is 1. The lowest BCUT2D eigenvalue weighted by molar-refractivity contribution is 0.235. The van der Waals surface area contributed by atoms with Crippen molar-refractivity contribution in [1.82, 2.24) is 5.32 Å². The van der Waals surface area contributed by atoms with Gasteiger partial charge in [0.1, 0.15) is 0 Å². The smallest absolute Gasteiger partial charge is 0.0584 e. The normalized spacial score (nSPS) is 13.4. The molecule has 1 atom stereocenters. The lowest BCUT2D eigenvalue weighted by Crippen LogP contribution is -2.32. The first-order valence-electron chi connectivity index (χ1n) is 4.39. The summed E-state index contributed by atoms with van der Waals surface area (Å²) in [5.41, 5.74) is 5.35. The van der Waals surface area contributed by atoms with Crippen molar-refractivity contribution < 1.29 is 5.11 Å². The predicted octanol–water partition coefficient (Wildman–Crippen LogP) is 0.0858. The molecule has 0 heterocycles. The molecule has 3 heteroatoms. The van der Waals surface area contributed by atoms with E-state index < -0.39 is 0 Å². The zero-order valence-corrected chi connectivity index (χ0v) is 7.34. The Morgan fingerprint density at radius 2 is 2.18 bits per heavy atom. The minimum atomic E-state index is 0.235. The molecule has 0 fully saturated rings. The van der Waals surface area contributed by atoms with Crippen LogP contribution >= 0.6 is 0 Å². The largest absolute Gasteiger partial charge is 0.395 e. The van der Waals surface area contributed by atoms with Gasteiger partial charge >= 0.3 is 0 Å². The Morgan fingerprint density at radius 1 is 1.45 bits per heavy atom. The fraction of sp³-hybridized carbons (Fsp3) is 1.00. The standard InChI is InChI=1S/C8H20N2O/c1-2-10-8(7-11)5-3-4-6-9/h8,10-11H,2-7,9H2,1H3. The highest BCUT2D eigenvalue weighted by molar-refractivity contribution is 4.63. The van der Waals surface area contributed by atoms with Crippen LogP contribution in [0.25, 0.3) is 0 Å². The lowest BCUT2D eigenvalue weighted by Gasteiger charge is -2.13. The van der Waals surface area contributed by atoms with E-state index in [-0.39, 0.29) is 12.6 Å². The van der Waals surface area contributed by atoms with Gasteiger partial charge in [-0.3, -0.25) is 0 Å². The van der Waals surface area contributed by atoms with Crippen molar-refractivity contribution in [2.45, 2.75) is 32.2 Å². The summed E-state index contributed by atoms with van der Waals surface area (Å²) in [6.07, 6.45) is 3.19. The second-order valence-corrected chi connectivity index (χ2v) is 2.72. The fourth-order valence-corrected chi connectivity index (χ4v) is 1.08. The number of aliphatic hydroxyl groups excluding tert-OH is 1. The number of nitrogens with two attached hydrogens (primary N) is 1. The second kappa shape index (κ2) is 7.98. The average molecular weight is 160 g/mol. The van der Waals surface area contributed by atoms with E-state index in [1.54, 1.807) is 0 Å². The lowest BCUT2D eigenvalue weighted by atomic mass is 10.1. The molecule has 0 aromatic carbocycles. The summed E-state index contributed by atoms with van der Waals surface area (Å²) in [5.74, 6) is 0. The minimum absolute atomic E-state index is 0.235. The number of nitrogens with one attached hydrogen (secondary N) is 1. The zero-order chi connectivity index (χ0) is 8.53. The molecule has 0 aromatic heterocycles. The van der Waals surface area contributed by atoms with Crippen molar-refractivity contribution >= 4 is 0 Å². The third-order valence-electron chi connectivity index (χ3n) is 1.72. The third kappa shape index (κ3) is 6.28. The van der Waals surface area contributed by atoms with E-state index in [0.717, 1.165) is 32.4 Å². The van der Waals surface area contributed by atoms with Crippen molar-refractivity contribution in [2.75, 3.05) is 19.7 Å². The SMILES string of the molecule is CCNC(CO)CCCCN. The number of hydrogen-bond acceptors (Lipinski definition) is 3. The molecular weight excluding hydrogens is 140 g/mol. The number of hydrogen-bond donors (Lipinski definition) is 3. The van der Waals surface area contributed by atoms with Crippen molar-refractivity contribution in [1.29, 1.82) is 0 Å². The van der Waals surface area contributed by atoms with Gasteiger partial charge in [0.25, 0.3) is 0 Å². The Kier molecular flexibility index (Phi) is 7.89. The van der Waals surface area contributed by atoms with Crippen LogP contribution in [-0.2, 0) is 0 Å². The maximum Gasteiger partial charge on any atom is 0.0584 e. The first-order chi connectivity index (χ1) is 5.35. The first kappa shape index (κ1) is 10.9. The third-order valence-corrected chi connectivity index (χ3v) is 1.72. The number of rotatable bonds is 7. The molecule has 0 aromatic rings. The fourth-order valence-electron chi connectivity index (χ4n) is 1.08. The Morgan fingerprint density at radius 3 is 2.64 bits per heavy atom. The van der Waals surface area contributed by atoms with E-state index in [2.05, 4.69) is 5.32 Å². The molecular formula is C8H20N2O. The minimum Gasteiger partial charge on any atom is -0.395 e. The maximum atomic E-state index is 8.86. The van der Waals surface area contributed by atoms with Crippen LogP contribution < -0.4 is 11.1 Å².